The minimum absolute atomic E-state index is 0.461. The van der Waals surface area contributed by atoms with Crippen LogP contribution in [0.5, 0.6) is 0 Å². The van der Waals surface area contributed by atoms with Gasteiger partial charge in [-0.3, -0.25) is 4.90 Å². The van der Waals surface area contributed by atoms with Crippen LogP contribution in [0.3, 0.4) is 0 Å². The molecule has 0 bridgehead atoms. The molecule has 0 aromatic carbocycles. The molecule has 1 aliphatic rings. The molecular weight excluding hydrogens is 236 g/mol. The maximum absolute atomic E-state index is 5.82. The average molecular weight is 264 g/mol. The minimum atomic E-state index is 0.461. The first-order chi connectivity index (χ1) is 9.00. The van der Waals surface area contributed by atoms with Crippen molar-refractivity contribution in [3.8, 4) is 0 Å². The predicted octanol–water partition coefficient (Wildman–Crippen LogP) is 3.32. The average Bonchev–Trinajstić information content (AvgIpc) is 2.66. The molecule has 0 saturated carbocycles. The molecule has 1 fully saturated rings. The highest BCUT2D eigenvalue weighted by Crippen LogP contribution is 2.29. The van der Waals surface area contributed by atoms with Crippen molar-refractivity contribution in [2.45, 2.75) is 53.6 Å². The molecule has 0 unspecified atom stereocenters. The van der Waals surface area contributed by atoms with Gasteiger partial charge in [-0.05, 0) is 44.3 Å². The van der Waals surface area contributed by atoms with Crippen molar-refractivity contribution in [1.82, 2.24) is 10.2 Å². The van der Waals surface area contributed by atoms with Gasteiger partial charge in [0.05, 0.1) is 6.54 Å². The number of nitrogens with zero attached hydrogens (tertiary/aromatic N) is 1. The Morgan fingerprint density at radius 2 is 2.21 bits per heavy atom. The molecule has 2 heterocycles. The minimum Gasteiger partial charge on any atom is -0.465 e. The maximum Gasteiger partial charge on any atom is 0.118 e. The quantitative estimate of drug-likeness (QED) is 0.884. The first-order valence-corrected chi connectivity index (χ1v) is 7.51. The summed E-state index contributed by atoms with van der Waals surface area (Å²) in [5.74, 6) is 2.14. The normalized spacial score (nSPS) is 19.8. The lowest BCUT2D eigenvalue weighted by Crippen LogP contribution is -2.39. The van der Waals surface area contributed by atoms with E-state index < -0.39 is 0 Å². The van der Waals surface area contributed by atoms with Gasteiger partial charge in [-0.25, -0.2) is 0 Å². The predicted molar refractivity (Wildman–Crippen MR) is 79.1 cm³/mol. The van der Waals surface area contributed by atoms with Crippen LogP contribution in [0.4, 0.5) is 0 Å². The molecule has 0 radical (unpaired) electrons. The molecule has 2 rings (SSSR count). The number of furan rings is 1. The third kappa shape index (κ3) is 4.08. The number of likely N-dealkylation sites (tertiary alicyclic amines) is 1. The summed E-state index contributed by atoms with van der Waals surface area (Å²) >= 11 is 0. The van der Waals surface area contributed by atoms with Crippen molar-refractivity contribution in [3.05, 3.63) is 23.2 Å². The van der Waals surface area contributed by atoms with Crippen LogP contribution in [0.1, 0.15) is 50.7 Å². The summed E-state index contributed by atoms with van der Waals surface area (Å²) in [5, 5.41) is 3.31. The van der Waals surface area contributed by atoms with Crippen molar-refractivity contribution in [2.24, 2.45) is 5.41 Å². The fourth-order valence-electron chi connectivity index (χ4n) is 3.00. The molecule has 1 aliphatic heterocycles. The van der Waals surface area contributed by atoms with Crippen molar-refractivity contribution >= 4 is 0 Å². The fraction of sp³-hybridized carbons (Fsp3) is 0.750. The molecule has 1 aromatic heterocycles. The molecule has 1 N–H and O–H groups in total. The van der Waals surface area contributed by atoms with E-state index in [-0.39, 0.29) is 0 Å². The van der Waals surface area contributed by atoms with E-state index in [0.717, 1.165) is 31.2 Å². The summed E-state index contributed by atoms with van der Waals surface area (Å²) in [6, 6.07) is 2.22. The zero-order valence-corrected chi connectivity index (χ0v) is 12.9. The second-order valence-electron chi connectivity index (χ2n) is 6.55. The third-order valence-corrected chi connectivity index (χ3v) is 3.99. The lowest BCUT2D eigenvalue weighted by Gasteiger charge is -2.37. The van der Waals surface area contributed by atoms with Crippen molar-refractivity contribution in [2.75, 3.05) is 19.6 Å². The maximum atomic E-state index is 5.82. The second kappa shape index (κ2) is 6.10. The van der Waals surface area contributed by atoms with Crippen LogP contribution in [0.15, 0.2) is 10.5 Å². The van der Waals surface area contributed by atoms with E-state index in [1.165, 1.54) is 31.5 Å². The molecule has 1 aromatic rings. The molecule has 108 valence electrons. The summed E-state index contributed by atoms with van der Waals surface area (Å²) in [4.78, 5) is 2.57. The SMILES string of the molecule is CCNCc1cc(CN2CCCC(C)(C)C2)c(C)o1. The van der Waals surface area contributed by atoms with Gasteiger partial charge in [0.25, 0.3) is 0 Å². The number of hydrogen-bond donors (Lipinski definition) is 1. The monoisotopic (exact) mass is 264 g/mol. The Kier molecular flexibility index (Phi) is 4.69. The molecule has 1 saturated heterocycles. The Bertz CT molecular complexity index is 409. The number of rotatable bonds is 5. The molecular formula is C16H28N2O. The second-order valence-corrected chi connectivity index (χ2v) is 6.55. The summed E-state index contributed by atoms with van der Waals surface area (Å²) < 4.78 is 5.82. The molecule has 3 nitrogen and oxygen atoms in total. The molecule has 0 aliphatic carbocycles. The zero-order chi connectivity index (χ0) is 13.9. The van der Waals surface area contributed by atoms with Gasteiger partial charge in [-0.1, -0.05) is 20.8 Å². The van der Waals surface area contributed by atoms with E-state index in [1.807, 2.05) is 0 Å². The lowest BCUT2D eigenvalue weighted by atomic mass is 9.84. The van der Waals surface area contributed by atoms with Gasteiger partial charge < -0.3 is 9.73 Å². The van der Waals surface area contributed by atoms with Gasteiger partial charge in [-0.15, -0.1) is 0 Å². The van der Waals surface area contributed by atoms with E-state index in [4.69, 9.17) is 4.42 Å². The summed E-state index contributed by atoms with van der Waals surface area (Å²) in [5.41, 5.74) is 1.81. The Hall–Kier alpha value is -0.800. The van der Waals surface area contributed by atoms with Crippen LogP contribution < -0.4 is 5.32 Å². The first-order valence-electron chi connectivity index (χ1n) is 7.51. The van der Waals surface area contributed by atoms with E-state index >= 15 is 0 Å². The number of piperidine rings is 1. The van der Waals surface area contributed by atoms with Gasteiger partial charge in [0.15, 0.2) is 0 Å². The lowest BCUT2D eigenvalue weighted by molar-refractivity contribution is 0.111. The Balaban J connectivity index is 1.96. The Labute approximate surface area is 117 Å². The Morgan fingerprint density at radius 3 is 2.89 bits per heavy atom. The summed E-state index contributed by atoms with van der Waals surface area (Å²) in [6.07, 6.45) is 2.66. The Morgan fingerprint density at radius 1 is 1.42 bits per heavy atom. The summed E-state index contributed by atoms with van der Waals surface area (Å²) in [6.45, 7) is 14.2. The van der Waals surface area contributed by atoms with Gasteiger partial charge >= 0.3 is 0 Å². The number of aryl methyl sites for hydroxylation is 1. The molecule has 0 amide bonds. The first kappa shape index (κ1) is 14.6. The molecule has 3 heteroatoms. The van der Waals surface area contributed by atoms with E-state index in [1.54, 1.807) is 0 Å². The largest absolute Gasteiger partial charge is 0.465 e. The van der Waals surface area contributed by atoms with Crippen molar-refractivity contribution in [3.63, 3.8) is 0 Å². The summed E-state index contributed by atoms with van der Waals surface area (Å²) in [7, 11) is 0. The molecule has 19 heavy (non-hydrogen) atoms. The molecule has 0 spiro atoms. The van der Waals surface area contributed by atoms with Gasteiger partial charge in [0.2, 0.25) is 0 Å². The highest BCUT2D eigenvalue weighted by Gasteiger charge is 2.26. The fourth-order valence-corrected chi connectivity index (χ4v) is 3.00. The number of nitrogens with one attached hydrogen (secondary N) is 1. The van der Waals surface area contributed by atoms with Gasteiger partial charge in [-0.2, -0.15) is 0 Å². The van der Waals surface area contributed by atoms with Crippen LogP contribution in [0, 0.1) is 12.3 Å². The highest BCUT2D eigenvalue weighted by molar-refractivity contribution is 5.21. The van der Waals surface area contributed by atoms with E-state index in [9.17, 15) is 0 Å². The highest BCUT2D eigenvalue weighted by atomic mass is 16.3. The van der Waals surface area contributed by atoms with Crippen molar-refractivity contribution < 1.29 is 4.42 Å². The van der Waals surface area contributed by atoms with Gasteiger partial charge in [0.1, 0.15) is 11.5 Å². The topological polar surface area (TPSA) is 28.4 Å². The van der Waals surface area contributed by atoms with Gasteiger partial charge in [0, 0.05) is 18.7 Å². The molecule has 0 atom stereocenters. The van der Waals surface area contributed by atoms with Crippen LogP contribution in [-0.4, -0.2) is 24.5 Å². The van der Waals surface area contributed by atoms with E-state index in [0.29, 0.717) is 5.41 Å². The van der Waals surface area contributed by atoms with Crippen molar-refractivity contribution in [1.29, 1.82) is 0 Å². The van der Waals surface area contributed by atoms with Crippen LogP contribution >= 0.6 is 0 Å². The number of hydrogen-bond acceptors (Lipinski definition) is 3. The standard InChI is InChI=1S/C16H28N2O/c1-5-17-10-15-9-14(13(2)19-15)11-18-8-6-7-16(3,4)12-18/h9,17H,5-8,10-12H2,1-4H3. The zero-order valence-electron chi connectivity index (χ0n) is 12.9. The third-order valence-electron chi connectivity index (χ3n) is 3.99. The smallest absolute Gasteiger partial charge is 0.118 e. The van der Waals surface area contributed by atoms with Crippen LogP contribution in [-0.2, 0) is 13.1 Å². The van der Waals surface area contributed by atoms with Crippen LogP contribution in [0.2, 0.25) is 0 Å². The van der Waals surface area contributed by atoms with Crippen LogP contribution in [0.25, 0.3) is 0 Å². The van der Waals surface area contributed by atoms with E-state index in [2.05, 4.69) is 44.0 Å².